The minimum Gasteiger partial charge on any atom is -0.489 e. The van der Waals surface area contributed by atoms with Crippen molar-refractivity contribution in [2.45, 2.75) is 6.04 Å². The summed E-state index contributed by atoms with van der Waals surface area (Å²) in [6.45, 7) is 0.322. The van der Waals surface area contributed by atoms with Gasteiger partial charge in [-0.3, -0.25) is 4.79 Å². The van der Waals surface area contributed by atoms with Crippen molar-refractivity contribution in [1.82, 2.24) is 9.55 Å². The second-order valence-electron chi connectivity index (χ2n) is 3.97. The van der Waals surface area contributed by atoms with Gasteiger partial charge >= 0.3 is 0 Å². The fraction of sp³-hybridized carbons (Fsp3) is 0.167. The highest BCUT2D eigenvalue weighted by atomic mass is 79.9. The molecule has 1 unspecified atom stereocenters. The molecule has 1 aliphatic heterocycles. The van der Waals surface area contributed by atoms with Gasteiger partial charge in [-0.05, 0) is 28.1 Å². The number of rotatable bonds is 1. The van der Waals surface area contributed by atoms with E-state index in [0.717, 1.165) is 8.95 Å². The largest absolute Gasteiger partial charge is 0.489 e. The van der Waals surface area contributed by atoms with Gasteiger partial charge in [0.05, 0.1) is 16.4 Å². The van der Waals surface area contributed by atoms with Crippen LogP contribution >= 0.6 is 44.3 Å². The lowest BCUT2D eigenvalue weighted by molar-refractivity contribution is 0.0840. The SMILES string of the molecule is Cl.O=C1c2cc(Br)cc(Br)c2OCC1n1ccnc1. The van der Waals surface area contributed by atoms with E-state index in [0.29, 0.717) is 17.9 Å². The number of ketones is 1. The summed E-state index contributed by atoms with van der Waals surface area (Å²) in [5, 5.41) is 0. The smallest absolute Gasteiger partial charge is 0.192 e. The molecule has 0 spiro atoms. The molecular weight excluding hydrogens is 399 g/mol. The number of halogens is 3. The summed E-state index contributed by atoms with van der Waals surface area (Å²) in [5.41, 5.74) is 0.584. The number of nitrogens with zero attached hydrogens (tertiary/aromatic N) is 2. The quantitative estimate of drug-likeness (QED) is 0.724. The van der Waals surface area contributed by atoms with Crippen molar-refractivity contribution in [2.75, 3.05) is 6.61 Å². The van der Waals surface area contributed by atoms with Gasteiger partial charge in [0.15, 0.2) is 5.78 Å². The fourth-order valence-corrected chi connectivity index (χ4v) is 3.32. The number of ether oxygens (including phenoxy) is 1. The predicted molar refractivity (Wildman–Crippen MR) is 80.2 cm³/mol. The Balaban J connectivity index is 0.00000133. The molecule has 0 saturated carbocycles. The van der Waals surface area contributed by atoms with E-state index in [9.17, 15) is 4.79 Å². The number of hydrogen-bond acceptors (Lipinski definition) is 3. The van der Waals surface area contributed by atoms with Crippen LogP contribution in [0.4, 0.5) is 0 Å². The molecule has 0 bridgehead atoms. The molecule has 0 radical (unpaired) electrons. The summed E-state index contributed by atoms with van der Waals surface area (Å²) in [6.07, 6.45) is 5.05. The molecule has 100 valence electrons. The van der Waals surface area contributed by atoms with Gasteiger partial charge in [-0.25, -0.2) is 4.98 Å². The Morgan fingerprint density at radius 3 is 2.84 bits per heavy atom. The van der Waals surface area contributed by atoms with E-state index in [2.05, 4.69) is 36.8 Å². The van der Waals surface area contributed by atoms with Crippen LogP contribution in [0.5, 0.6) is 5.75 Å². The van der Waals surface area contributed by atoms with Crippen LogP contribution in [-0.2, 0) is 0 Å². The zero-order valence-electron chi connectivity index (χ0n) is 9.55. The number of fused-ring (bicyclic) bond motifs is 1. The number of aromatic nitrogens is 2. The van der Waals surface area contributed by atoms with Crippen LogP contribution in [0, 0.1) is 0 Å². The third-order valence-corrected chi connectivity index (χ3v) is 3.89. The van der Waals surface area contributed by atoms with Crippen LogP contribution < -0.4 is 4.74 Å². The standard InChI is InChI=1S/C12H8Br2N2O2.ClH/c13-7-3-8-11(17)10(16-2-1-15-6-16)5-18-12(8)9(14)4-7;/h1-4,6,10H,5H2;1H. The monoisotopic (exact) mass is 406 g/mol. The molecule has 19 heavy (non-hydrogen) atoms. The van der Waals surface area contributed by atoms with Crippen LogP contribution in [0.1, 0.15) is 16.4 Å². The molecule has 1 atom stereocenters. The minimum atomic E-state index is -0.346. The van der Waals surface area contributed by atoms with E-state index in [1.54, 1.807) is 29.4 Å². The van der Waals surface area contributed by atoms with E-state index in [1.165, 1.54) is 0 Å². The summed E-state index contributed by atoms with van der Waals surface area (Å²) >= 11 is 6.78. The lowest BCUT2D eigenvalue weighted by Gasteiger charge is -2.25. The molecule has 0 amide bonds. The topological polar surface area (TPSA) is 44.1 Å². The second-order valence-corrected chi connectivity index (χ2v) is 5.74. The zero-order valence-corrected chi connectivity index (χ0v) is 13.5. The van der Waals surface area contributed by atoms with Gasteiger partial charge in [0, 0.05) is 16.9 Å². The molecule has 0 saturated heterocycles. The number of benzene rings is 1. The molecule has 0 N–H and O–H groups in total. The first-order valence-corrected chi connectivity index (χ1v) is 6.89. The van der Waals surface area contributed by atoms with Gasteiger partial charge in [-0.1, -0.05) is 15.9 Å². The normalized spacial score (nSPS) is 17.4. The first-order chi connectivity index (χ1) is 8.66. The Morgan fingerprint density at radius 1 is 1.37 bits per heavy atom. The van der Waals surface area contributed by atoms with Crippen molar-refractivity contribution >= 4 is 50.1 Å². The summed E-state index contributed by atoms with van der Waals surface area (Å²) in [6, 6.07) is 3.30. The van der Waals surface area contributed by atoms with E-state index in [-0.39, 0.29) is 24.2 Å². The maximum absolute atomic E-state index is 12.4. The van der Waals surface area contributed by atoms with E-state index >= 15 is 0 Å². The summed E-state index contributed by atoms with van der Waals surface area (Å²) in [7, 11) is 0. The fourth-order valence-electron chi connectivity index (χ4n) is 1.98. The average molecular weight is 408 g/mol. The minimum absolute atomic E-state index is 0. The number of hydrogen-bond donors (Lipinski definition) is 0. The van der Waals surface area contributed by atoms with Crippen molar-refractivity contribution in [3.8, 4) is 5.75 Å². The Labute approximate surface area is 132 Å². The van der Waals surface area contributed by atoms with E-state index in [4.69, 9.17) is 4.74 Å². The van der Waals surface area contributed by atoms with Crippen LogP contribution in [0.15, 0.2) is 39.8 Å². The van der Waals surface area contributed by atoms with Gasteiger partial charge in [-0.15, -0.1) is 12.4 Å². The van der Waals surface area contributed by atoms with Crippen LogP contribution in [0.3, 0.4) is 0 Å². The molecule has 4 nitrogen and oxygen atoms in total. The van der Waals surface area contributed by atoms with Crippen molar-refractivity contribution in [3.05, 3.63) is 45.4 Å². The van der Waals surface area contributed by atoms with E-state index < -0.39 is 0 Å². The molecule has 0 fully saturated rings. The molecule has 3 rings (SSSR count). The molecule has 0 aliphatic carbocycles. The van der Waals surface area contributed by atoms with Crippen LogP contribution in [0.2, 0.25) is 0 Å². The molecule has 2 heterocycles. The summed E-state index contributed by atoms with van der Waals surface area (Å²) in [5.74, 6) is 0.649. The molecule has 2 aromatic rings. The van der Waals surface area contributed by atoms with Crippen molar-refractivity contribution in [1.29, 1.82) is 0 Å². The van der Waals surface area contributed by atoms with Gasteiger partial charge in [0.25, 0.3) is 0 Å². The maximum atomic E-state index is 12.4. The zero-order chi connectivity index (χ0) is 12.7. The third kappa shape index (κ3) is 2.57. The van der Waals surface area contributed by atoms with Crippen molar-refractivity contribution in [3.63, 3.8) is 0 Å². The Kier molecular flexibility index (Phi) is 4.32. The number of Topliss-reactive ketones (excluding diaryl/α,β-unsaturated/α-hetero) is 1. The molecular formula is C12H9Br2ClN2O2. The Hall–Kier alpha value is -0.850. The number of carbonyl (C=O) groups excluding carboxylic acids is 1. The molecule has 1 aromatic carbocycles. The summed E-state index contributed by atoms with van der Waals surface area (Å²) in [4.78, 5) is 16.4. The van der Waals surface area contributed by atoms with Crippen molar-refractivity contribution < 1.29 is 9.53 Å². The Morgan fingerprint density at radius 2 is 2.16 bits per heavy atom. The van der Waals surface area contributed by atoms with Gasteiger partial charge in [0.2, 0.25) is 0 Å². The highest BCUT2D eigenvalue weighted by Crippen LogP contribution is 2.38. The van der Waals surface area contributed by atoms with Crippen molar-refractivity contribution in [2.24, 2.45) is 0 Å². The van der Waals surface area contributed by atoms with E-state index in [1.807, 2.05) is 6.07 Å². The Bertz CT molecular complexity index is 616. The van der Waals surface area contributed by atoms with Crippen LogP contribution in [-0.4, -0.2) is 21.9 Å². The van der Waals surface area contributed by atoms with Gasteiger partial charge in [-0.2, -0.15) is 0 Å². The summed E-state index contributed by atoms with van der Waals surface area (Å²) < 4.78 is 9.07. The van der Waals surface area contributed by atoms with Gasteiger partial charge < -0.3 is 9.30 Å². The molecule has 1 aliphatic rings. The highest BCUT2D eigenvalue weighted by Gasteiger charge is 2.31. The maximum Gasteiger partial charge on any atom is 0.192 e. The average Bonchev–Trinajstić information content (AvgIpc) is 2.84. The lowest BCUT2D eigenvalue weighted by atomic mass is 10.0. The number of imidazole rings is 1. The van der Waals surface area contributed by atoms with Crippen LogP contribution in [0.25, 0.3) is 0 Å². The predicted octanol–water partition coefficient (Wildman–Crippen LogP) is 3.65. The third-order valence-electron chi connectivity index (χ3n) is 2.85. The molecule has 7 heteroatoms. The lowest BCUT2D eigenvalue weighted by Crippen LogP contribution is -2.30. The molecule has 1 aromatic heterocycles. The van der Waals surface area contributed by atoms with Gasteiger partial charge in [0.1, 0.15) is 18.4 Å². The highest BCUT2D eigenvalue weighted by molar-refractivity contribution is 9.11. The first-order valence-electron chi connectivity index (χ1n) is 5.30. The second kappa shape index (κ2) is 5.64. The first kappa shape index (κ1) is 14.6. The number of carbonyl (C=O) groups is 1.